The Labute approximate surface area is 240 Å². The van der Waals surface area contributed by atoms with Gasteiger partial charge in [-0.2, -0.15) is 0 Å². The van der Waals surface area contributed by atoms with Crippen LogP contribution < -0.4 is 10.9 Å². The lowest BCUT2D eigenvalue weighted by Crippen LogP contribution is -2.39. The highest BCUT2D eigenvalue weighted by molar-refractivity contribution is 6.30. The minimum absolute atomic E-state index is 0.121. The number of aromatic nitrogens is 3. The van der Waals surface area contributed by atoms with Crippen LogP contribution in [-0.4, -0.2) is 87.6 Å². The molecule has 0 saturated carbocycles. The van der Waals surface area contributed by atoms with Crippen LogP contribution in [0.5, 0.6) is 0 Å². The van der Waals surface area contributed by atoms with Gasteiger partial charge in [0.15, 0.2) is 0 Å². The van der Waals surface area contributed by atoms with Crippen molar-refractivity contribution in [3.63, 3.8) is 0 Å². The monoisotopic (exact) mass is 576 g/mol. The van der Waals surface area contributed by atoms with Gasteiger partial charge in [-0.05, 0) is 42.3 Å². The average molecular weight is 577 g/mol. The van der Waals surface area contributed by atoms with E-state index in [9.17, 15) is 19.5 Å². The van der Waals surface area contributed by atoms with Crippen molar-refractivity contribution < 1.29 is 19.4 Å². The predicted octanol–water partition coefficient (Wildman–Crippen LogP) is 3.04. The number of H-pyrrole nitrogens is 2. The number of anilines is 1. The van der Waals surface area contributed by atoms with Crippen molar-refractivity contribution in [1.82, 2.24) is 24.8 Å². The van der Waals surface area contributed by atoms with Crippen LogP contribution in [-0.2, 0) is 4.74 Å². The SMILES string of the molecule is O=C1c2cc3nc(-c4c(NCC(O)c5cccc(Cl)c5)cc[nH]c4=O)[nH]c3cc2C(=O)N1CCCN1CCOCC1. The number of fused-ring (bicyclic) bond motifs is 2. The van der Waals surface area contributed by atoms with Gasteiger partial charge in [0.2, 0.25) is 0 Å². The molecule has 4 N–H and O–H groups in total. The topological polar surface area (TPSA) is 144 Å². The molecule has 0 aliphatic carbocycles. The number of aliphatic hydroxyl groups excluding tert-OH is 1. The third kappa shape index (κ3) is 5.49. The zero-order valence-electron chi connectivity index (χ0n) is 22.2. The fourth-order valence-corrected chi connectivity index (χ4v) is 5.49. The Morgan fingerprint density at radius 3 is 2.61 bits per heavy atom. The number of aromatic amines is 2. The Bertz CT molecular complexity index is 1620. The molecule has 0 bridgehead atoms. The number of carbonyl (C=O) groups is 2. The van der Waals surface area contributed by atoms with Crippen molar-refractivity contribution in [2.24, 2.45) is 0 Å². The highest BCUT2D eigenvalue weighted by Gasteiger charge is 2.36. The number of nitrogens with one attached hydrogen (secondary N) is 3. The number of nitrogens with zero attached hydrogens (tertiary/aromatic N) is 3. The smallest absolute Gasteiger partial charge is 0.261 e. The lowest BCUT2D eigenvalue weighted by atomic mass is 10.1. The Balaban J connectivity index is 1.21. The number of morpholine rings is 1. The molecule has 4 aromatic rings. The van der Waals surface area contributed by atoms with Gasteiger partial charge in [0.1, 0.15) is 11.4 Å². The van der Waals surface area contributed by atoms with E-state index in [1.54, 1.807) is 42.5 Å². The molecule has 6 rings (SSSR count). The van der Waals surface area contributed by atoms with Crippen molar-refractivity contribution in [2.75, 3.05) is 51.3 Å². The van der Waals surface area contributed by atoms with E-state index in [4.69, 9.17) is 16.3 Å². The Kier molecular flexibility index (Phi) is 7.59. The average Bonchev–Trinajstić information content (AvgIpc) is 3.49. The van der Waals surface area contributed by atoms with Crippen molar-refractivity contribution >= 4 is 40.1 Å². The maximum absolute atomic E-state index is 13.1. The van der Waals surface area contributed by atoms with Gasteiger partial charge in [-0.25, -0.2) is 4.98 Å². The fourth-order valence-electron chi connectivity index (χ4n) is 5.29. The van der Waals surface area contributed by atoms with Crippen LogP contribution in [0.4, 0.5) is 5.69 Å². The van der Waals surface area contributed by atoms with Crippen LogP contribution in [0.2, 0.25) is 5.02 Å². The number of aliphatic hydroxyl groups is 1. The molecule has 0 radical (unpaired) electrons. The molecule has 1 fully saturated rings. The summed E-state index contributed by atoms with van der Waals surface area (Å²) >= 11 is 6.05. The number of halogens is 1. The molecular formula is C29H29ClN6O5. The first kappa shape index (κ1) is 27.2. The van der Waals surface area contributed by atoms with Gasteiger partial charge in [-0.1, -0.05) is 23.7 Å². The van der Waals surface area contributed by atoms with Crippen LogP contribution in [0.3, 0.4) is 0 Å². The van der Waals surface area contributed by atoms with Gasteiger partial charge in [0.25, 0.3) is 17.4 Å². The minimum atomic E-state index is -0.867. The van der Waals surface area contributed by atoms with Crippen LogP contribution in [0.1, 0.15) is 38.8 Å². The van der Waals surface area contributed by atoms with E-state index in [2.05, 4.69) is 25.2 Å². The van der Waals surface area contributed by atoms with Gasteiger partial charge in [-0.3, -0.25) is 24.2 Å². The minimum Gasteiger partial charge on any atom is -0.387 e. The summed E-state index contributed by atoms with van der Waals surface area (Å²) in [6.45, 7) is 4.36. The van der Waals surface area contributed by atoms with Crippen molar-refractivity contribution in [3.8, 4) is 11.4 Å². The Morgan fingerprint density at radius 1 is 1.05 bits per heavy atom. The standard InChI is InChI=1S/C29H29ClN6O5/c30-18-4-1-3-17(13-18)24(37)16-32-21-5-6-31-27(38)25(21)26-33-22-14-19-20(15-23(22)34-26)29(40)36(28(19)39)8-2-7-35-9-11-41-12-10-35/h1,3-6,13-15,24,37H,2,7-12,16H2,(H,33,34)(H2,31,32,38). The summed E-state index contributed by atoms with van der Waals surface area (Å²) in [6.07, 6.45) is 1.32. The molecule has 2 aromatic heterocycles. The fraction of sp³-hybridized carbons (Fsp3) is 0.310. The van der Waals surface area contributed by atoms with Gasteiger partial charge in [0.05, 0.1) is 47.2 Å². The number of amides is 2. The van der Waals surface area contributed by atoms with Gasteiger partial charge in [-0.15, -0.1) is 0 Å². The highest BCUT2D eigenvalue weighted by atomic mass is 35.5. The van der Waals surface area contributed by atoms with Crippen molar-refractivity contribution in [3.05, 3.63) is 80.7 Å². The van der Waals surface area contributed by atoms with Crippen LogP contribution in [0, 0.1) is 0 Å². The number of imidazole rings is 1. The second kappa shape index (κ2) is 11.5. The van der Waals surface area contributed by atoms with Crippen molar-refractivity contribution in [1.29, 1.82) is 0 Å². The second-order valence-corrected chi connectivity index (χ2v) is 10.6. The van der Waals surface area contributed by atoms with Gasteiger partial charge in [0, 0.05) is 43.9 Å². The third-order valence-corrected chi connectivity index (χ3v) is 7.68. The van der Waals surface area contributed by atoms with Crippen LogP contribution >= 0.6 is 11.6 Å². The highest BCUT2D eigenvalue weighted by Crippen LogP contribution is 2.30. The lowest BCUT2D eigenvalue weighted by Gasteiger charge is -2.27. The second-order valence-electron chi connectivity index (χ2n) is 10.1. The molecular weight excluding hydrogens is 548 g/mol. The van der Waals surface area contributed by atoms with E-state index in [-0.39, 0.29) is 29.7 Å². The molecule has 212 valence electrons. The summed E-state index contributed by atoms with van der Waals surface area (Å²) in [4.78, 5) is 53.1. The molecule has 2 aromatic carbocycles. The van der Waals surface area contributed by atoms with Gasteiger partial charge >= 0.3 is 0 Å². The molecule has 11 nitrogen and oxygen atoms in total. The maximum Gasteiger partial charge on any atom is 0.261 e. The Hall–Kier alpha value is -4.03. The molecule has 1 unspecified atom stereocenters. The Morgan fingerprint density at radius 2 is 1.83 bits per heavy atom. The van der Waals surface area contributed by atoms with E-state index in [1.165, 1.54) is 11.1 Å². The number of ether oxygens (including phenoxy) is 1. The number of carbonyl (C=O) groups excluding carboxylic acids is 2. The quantitative estimate of drug-likeness (QED) is 0.223. The maximum atomic E-state index is 13.1. The first-order valence-corrected chi connectivity index (χ1v) is 13.9. The number of benzene rings is 2. The summed E-state index contributed by atoms with van der Waals surface area (Å²) in [6, 6.07) is 11.8. The first-order valence-electron chi connectivity index (χ1n) is 13.5. The molecule has 2 amide bonds. The number of hydrogen-bond acceptors (Lipinski definition) is 8. The molecule has 2 aliphatic heterocycles. The largest absolute Gasteiger partial charge is 0.387 e. The predicted molar refractivity (Wildman–Crippen MR) is 154 cm³/mol. The van der Waals surface area contributed by atoms with E-state index in [0.717, 1.165) is 19.6 Å². The molecule has 0 spiro atoms. The van der Waals surface area contributed by atoms with E-state index in [1.807, 2.05) is 0 Å². The number of hydrogen-bond donors (Lipinski definition) is 4. The molecule has 1 saturated heterocycles. The summed E-state index contributed by atoms with van der Waals surface area (Å²) in [7, 11) is 0. The molecule has 12 heteroatoms. The van der Waals surface area contributed by atoms with Crippen LogP contribution in [0.15, 0.2) is 53.5 Å². The zero-order chi connectivity index (χ0) is 28.5. The first-order chi connectivity index (χ1) is 19.9. The van der Waals surface area contributed by atoms with Crippen LogP contribution in [0.25, 0.3) is 22.4 Å². The number of pyridine rings is 1. The normalized spacial score (nSPS) is 16.4. The van der Waals surface area contributed by atoms with E-state index in [0.29, 0.717) is 64.6 Å². The third-order valence-electron chi connectivity index (χ3n) is 7.45. The molecule has 4 heterocycles. The van der Waals surface area contributed by atoms with Gasteiger partial charge < -0.3 is 25.1 Å². The summed E-state index contributed by atoms with van der Waals surface area (Å²) in [5.41, 5.74) is 2.55. The molecule has 41 heavy (non-hydrogen) atoms. The lowest BCUT2D eigenvalue weighted by molar-refractivity contribution is 0.0355. The summed E-state index contributed by atoms with van der Waals surface area (Å²) < 4.78 is 5.37. The summed E-state index contributed by atoms with van der Waals surface area (Å²) in [5, 5.41) is 14.3. The molecule has 1 atom stereocenters. The summed E-state index contributed by atoms with van der Waals surface area (Å²) in [5.74, 6) is -0.402. The number of imide groups is 1. The molecule has 2 aliphatic rings. The van der Waals surface area contributed by atoms with Crippen molar-refractivity contribution in [2.45, 2.75) is 12.5 Å². The zero-order valence-corrected chi connectivity index (χ0v) is 22.9. The van der Waals surface area contributed by atoms with E-state index < -0.39 is 11.7 Å². The van der Waals surface area contributed by atoms with E-state index >= 15 is 0 Å². The number of rotatable bonds is 9.